The molecule has 0 aliphatic rings. The number of hydrogen-bond acceptors (Lipinski definition) is 0. The molecule has 2 N–H and O–H groups in total. The highest BCUT2D eigenvalue weighted by atomic mass is 14.7. The third kappa shape index (κ3) is 2.03. The second kappa shape index (κ2) is 5.61. The van der Waals surface area contributed by atoms with Crippen LogP contribution in [-0.4, -0.2) is 9.97 Å². The van der Waals surface area contributed by atoms with Crippen LogP contribution in [0.3, 0.4) is 0 Å². The summed E-state index contributed by atoms with van der Waals surface area (Å²) in [5, 5.41) is 4.96. The Hall–Kier alpha value is -3.78. The Morgan fingerprint density at radius 3 is 1.43 bits per heavy atom. The van der Waals surface area contributed by atoms with E-state index in [4.69, 9.17) is 0 Å². The molecule has 132 valence electrons. The number of aromatic nitrogens is 2. The Kier molecular flexibility index (Phi) is 3.06. The molecule has 2 heteroatoms. The molecule has 0 bridgehead atoms. The van der Waals surface area contributed by atoms with E-state index in [1.54, 1.807) is 0 Å². The summed E-state index contributed by atoms with van der Waals surface area (Å²) in [5.74, 6) is 0. The fourth-order valence-corrected chi connectivity index (χ4v) is 4.39. The van der Waals surface area contributed by atoms with Gasteiger partial charge >= 0.3 is 0 Å². The maximum absolute atomic E-state index is 4.50. The van der Waals surface area contributed by atoms with Crippen LogP contribution in [0.25, 0.3) is 49.2 Å². The van der Waals surface area contributed by atoms with E-state index in [2.05, 4.69) is 101 Å². The van der Waals surface area contributed by atoms with Gasteiger partial charge in [-0.25, -0.2) is 0 Å². The fourth-order valence-electron chi connectivity index (χ4n) is 4.39. The number of H-pyrrole nitrogens is 2. The minimum absolute atomic E-state index is 1.02. The first-order chi connectivity index (χ1) is 13.8. The first kappa shape index (κ1) is 15.3. The average Bonchev–Trinajstić information content (AvgIpc) is 3.31. The van der Waals surface area contributed by atoms with Gasteiger partial charge in [0.1, 0.15) is 0 Å². The van der Waals surface area contributed by atoms with Crippen molar-refractivity contribution in [2.24, 2.45) is 0 Å². The highest BCUT2D eigenvalue weighted by Gasteiger charge is 2.15. The number of para-hydroxylation sites is 4. The molecule has 0 aliphatic heterocycles. The standard InChI is InChI=1S/C26H18N2/c1-16(17-10-6-12-21-19-8-2-4-14-23(19)27-25(17)21)18-11-7-13-22-20-9-3-5-15-24(20)28-26(18)22/h2-15,27-28H,1H2. The van der Waals surface area contributed by atoms with Gasteiger partial charge in [0.2, 0.25) is 0 Å². The van der Waals surface area contributed by atoms with Crippen LogP contribution in [0, 0.1) is 0 Å². The number of benzene rings is 4. The molecule has 28 heavy (non-hydrogen) atoms. The number of rotatable bonds is 2. The van der Waals surface area contributed by atoms with Crippen molar-refractivity contribution in [2.75, 3.05) is 0 Å². The molecule has 0 unspecified atom stereocenters. The van der Waals surface area contributed by atoms with E-state index in [0.29, 0.717) is 0 Å². The van der Waals surface area contributed by atoms with Gasteiger partial charge in [-0.15, -0.1) is 0 Å². The molecule has 0 spiro atoms. The first-order valence-electron chi connectivity index (χ1n) is 9.50. The van der Waals surface area contributed by atoms with Crippen molar-refractivity contribution < 1.29 is 0 Å². The quantitative estimate of drug-likeness (QED) is 0.333. The maximum atomic E-state index is 4.50. The zero-order valence-corrected chi connectivity index (χ0v) is 15.3. The lowest BCUT2D eigenvalue weighted by molar-refractivity contribution is 1.50. The normalized spacial score (nSPS) is 11.7. The molecule has 4 aromatic carbocycles. The van der Waals surface area contributed by atoms with Crippen molar-refractivity contribution >= 4 is 49.2 Å². The van der Waals surface area contributed by atoms with Crippen molar-refractivity contribution in [3.8, 4) is 0 Å². The average molecular weight is 358 g/mol. The van der Waals surface area contributed by atoms with E-state index in [1.807, 2.05) is 0 Å². The van der Waals surface area contributed by atoms with Gasteiger partial charge in [-0.05, 0) is 17.7 Å². The van der Waals surface area contributed by atoms with E-state index < -0.39 is 0 Å². The topological polar surface area (TPSA) is 31.6 Å². The van der Waals surface area contributed by atoms with Crippen LogP contribution in [0.15, 0.2) is 91.5 Å². The lowest BCUT2D eigenvalue weighted by atomic mass is 9.95. The van der Waals surface area contributed by atoms with E-state index in [0.717, 1.165) is 38.8 Å². The largest absolute Gasteiger partial charge is 0.354 e. The van der Waals surface area contributed by atoms with Gasteiger partial charge in [-0.3, -0.25) is 0 Å². The third-order valence-electron chi connectivity index (χ3n) is 5.73. The molecule has 2 heterocycles. The fraction of sp³-hybridized carbons (Fsp3) is 0. The third-order valence-corrected chi connectivity index (χ3v) is 5.73. The van der Waals surface area contributed by atoms with Gasteiger partial charge in [0.15, 0.2) is 0 Å². The highest BCUT2D eigenvalue weighted by molar-refractivity contribution is 6.14. The van der Waals surface area contributed by atoms with Crippen molar-refractivity contribution in [1.82, 2.24) is 9.97 Å². The molecular formula is C26H18N2. The van der Waals surface area contributed by atoms with Crippen molar-refractivity contribution in [1.29, 1.82) is 0 Å². The predicted octanol–water partition coefficient (Wildman–Crippen LogP) is 7.02. The Labute approximate surface area is 162 Å². The van der Waals surface area contributed by atoms with Crippen molar-refractivity contribution in [3.63, 3.8) is 0 Å². The summed E-state index contributed by atoms with van der Waals surface area (Å²) in [7, 11) is 0. The van der Waals surface area contributed by atoms with Crippen LogP contribution in [0.1, 0.15) is 11.1 Å². The molecular weight excluding hydrogens is 340 g/mol. The minimum Gasteiger partial charge on any atom is -0.354 e. The second-order valence-corrected chi connectivity index (χ2v) is 7.28. The molecule has 0 saturated heterocycles. The SMILES string of the molecule is C=C(c1cccc2c1[nH]c1ccccc12)c1cccc2c1[nH]c1ccccc12. The molecule has 0 radical (unpaired) electrons. The van der Waals surface area contributed by atoms with E-state index in [9.17, 15) is 0 Å². The van der Waals surface area contributed by atoms with Crippen LogP contribution in [0.4, 0.5) is 0 Å². The summed E-state index contributed by atoms with van der Waals surface area (Å²) in [6.07, 6.45) is 0. The van der Waals surface area contributed by atoms with Gasteiger partial charge in [-0.1, -0.05) is 79.4 Å². The predicted molar refractivity (Wildman–Crippen MR) is 120 cm³/mol. The lowest BCUT2D eigenvalue weighted by Gasteiger charge is -2.09. The summed E-state index contributed by atoms with van der Waals surface area (Å²) < 4.78 is 0. The maximum Gasteiger partial charge on any atom is 0.0544 e. The van der Waals surface area contributed by atoms with Crippen LogP contribution in [-0.2, 0) is 0 Å². The van der Waals surface area contributed by atoms with E-state index in [-0.39, 0.29) is 0 Å². The smallest absolute Gasteiger partial charge is 0.0544 e. The van der Waals surface area contributed by atoms with Crippen LogP contribution < -0.4 is 0 Å². The molecule has 6 aromatic rings. The molecule has 0 atom stereocenters. The van der Waals surface area contributed by atoms with E-state index >= 15 is 0 Å². The number of aromatic amines is 2. The van der Waals surface area contributed by atoms with Gasteiger partial charge in [0.05, 0.1) is 11.0 Å². The number of fused-ring (bicyclic) bond motifs is 6. The number of hydrogen-bond donors (Lipinski definition) is 2. The van der Waals surface area contributed by atoms with E-state index in [1.165, 1.54) is 21.5 Å². The molecule has 0 amide bonds. The summed E-state index contributed by atoms with van der Waals surface area (Å²) in [6.45, 7) is 4.50. The van der Waals surface area contributed by atoms with Gasteiger partial charge < -0.3 is 9.97 Å². The Morgan fingerprint density at radius 1 is 0.500 bits per heavy atom. The lowest BCUT2D eigenvalue weighted by Crippen LogP contribution is -1.89. The second-order valence-electron chi connectivity index (χ2n) is 7.28. The van der Waals surface area contributed by atoms with Crippen LogP contribution in [0.5, 0.6) is 0 Å². The summed E-state index contributed by atoms with van der Waals surface area (Å²) >= 11 is 0. The van der Waals surface area contributed by atoms with Gasteiger partial charge in [0, 0.05) is 43.7 Å². The molecule has 0 aliphatic carbocycles. The molecule has 0 saturated carbocycles. The molecule has 6 rings (SSSR count). The first-order valence-corrected chi connectivity index (χ1v) is 9.50. The number of nitrogens with one attached hydrogen (secondary N) is 2. The summed E-state index contributed by atoms with van der Waals surface area (Å²) in [5.41, 5.74) is 7.89. The molecule has 0 fully saturated rings. The Bertz CT molecular complexity index is 1410. The monoisotopic (exact) mass is 358 g/mol. The minimum atomic E-state index is 1.02. The van der Waals surface area contributed by atoms with Gasteiger partial charge in [-0.2, -0.15) is 0 Å². The highest BCUT2D eigenvalue weighted by Crippen LogP contribution is 2.36. The Morgan fingerprint density at radius 2 is 0.929 bits per heavy atom. The van der Waals surface area contributed by atoms with Crippen LogP contribution >= 0.6 is 0 Å². The van der Waals surface area contributed by atoms with Crippen molar-refractivity contribution in [3.05, 3.63) is 103 Å². The zero-order valence-electron chi connectivity index (χ0n) is 15.3. The molecule has 2 aromatic heterocycles. The summed E-state index contributed by atoms with van der Waals surface area (Å²) in [4.78, 5) is 7.20. The Balaban J connectivity index is 1.63. The molecule has 2 nitrogen and oxygen atoms in total. The van der Waals surface area contributed by atoms with Gasteiger partial charge in [0.25, 0.3) is 0 Å². The van der Waals surface area contributed by atoms with Crippen LogP contribution in [0.2, 0.25) is 0 Å². The summed E-state index contributed by atoms with van der Waals surface area (Å²) in [6, 6.07) is 29.8. The van der Waals surface area contributed by atoms with Crippen molar-refractivity contribution in [2.45, 2.75) is 0 Å². The zero-order chi connectivity index (χ0) is 18.7.